The van der Waals surface area contributed by atoms with Crippen LogP contribution in [0.2, 0.25) is 0 Å². The summed E-state index contributed by atoms with van der Waals surface area (Å²) in [5.41, 5.74) is 1.13. The van der Waals surface area contributed by atoms with Gasteiger partial charge in [-0.1, -0.05) is 24.2 Å². The Morgan fingerprint density at radius 3 is 3.00 bits per heavy atom. The molecule has 0 saturated heterocycles. The van der Waals surface area contributed by atoms with Crippen molar-refractivity contribution in [2.75, 3.05) is 20.1 Å². The van der Waals surface area contributed by atoms with Gasteiger partial charge >= 0.3 is 6.03 Å². The van der Waals surface area contributed by atoms with Gasteiger partial charge in [-0.05, 0) is 31.0 Å². The average molecular weight is 332 g/mol. The van der Waals surface area contributed by atoms with Crippen molar-refractivity contribution in [3.05, 3.63) is 41.5 Å². The van der Waals surface area contributed by atoms with E-state index in [0.717, 1.165) is 17.7 Å². The number of urea groups is 1. The average Bonchev–Trinajstić information content (AvgIpc) is 3.03. The van der Waals surface area contributed by atoms with Gasteiger partial charge in [0.1, 0.15) is 5.75 Å². The highest BCUT2D eigenvalue weighted by molar-refractivity contribution is 5.73. The Morgan fingerprint density at radius 2 is 2.25 bits per heavy atom. The van der Waals surface area contributed by atoms with E-state index < -0.39 is 0 Å². The third-order valence-corrected chi connectivity index (χ3v) is 3.41. The minimum atomic E-state index is -0.0941. The molecule has 0 aliphatic carbocycles. The van der Waals surface area contributed by atoms with Crippen molar-refractivity contribution in [3.8, 4) is 5.75 Å². The highest BCUT2D eigenvalue weighted by Crippen LogP contribution is 2.14. The van der Waals surface area contributed by atoms with Gasteiger partial charge in [0.15, 0.2) is 12.4 Å². The number of carbonyl (C=O) groups is 1. The largest absolute Gasteiger partial charge is 0.484 e. The lowest BCUT2D eigenvalue weighted by molar-refractivity contribution is 0.209. The number of ether oxygens (including phenoxy) is 1. The molecule has 7 heteroatoms. The summed E-state index contributed by atoms with van der Waals surface area (Å²) < 4.78 is 10.8. The molecule has 0 aliphatic rings. The number of hydrogen-bond acceptors (Lipinski definition) is 5. The molecule has 0 radical (unpaired) electrons. The van der Waals surface area contributed by atoms with Crippen LogP contribution in [0.3, 0.4) is 0 Å². The van der Waals surface area contributed by atoms with Crippen LogP contribution in [0.5, 0.6) is 5.75 Å². The molecule has 0 fully saturated rings. The summed E-state index contributed by atoms with van der Waals surface area (Å²) in [6, 6.07) is 7.67. The lowest BCUT2D eigenvalue weighted by atomic mass is 10.2. The van der Waals surface area contributed by atoms with Gasteiger partial charge < -0.3 is 19.5 Å². The fourth-order valence-corrected chi connectivity index (χ4v) is 2.04. The third kappa shape index (κ3) is 5.57. The zero-order chi connectivity index (χ0) is 17.4. The van der Waals surface area contributed by atoms with Crippen LogP contribution in [0.4, 0.5) is 4.79 Å². The zero-order valence-corrected chi connectivity index (χ0v) is 14.4. The Morgan fingerprint density at radius 1 is 1.42 bits per heavy atom. The van der Waals surface area contributed by atoms with Crippen molar-refractivity contribution in [1.29, 1.82) is 0 Å². The summed E-state index contributed by atoms with van der Waals surface area (Å²) >= 11 is 0. The van der Waals surface area contributed by atoms with E-state index in [2.05, 4.69) is 15.5 Å². The second-order valence-corrected chi connectivity index (χ2v) is 5.61. The first-order valence-electron chi connectivity index (χ1n) is 8.08. The number of amides is 2. The second-order valence-electron chi connectivity index (χ2n) is 5.61. The molecule has 0 aliphatic heterocycles. The smallest absolute Gasteiger partial charge is 0.317 e. The molecular formula is C17H24N4O3. The van der Waals surface area contributed by atoms with Crippen LogP contribution >= 0.6 is 0 Å². The fraction of sp³-hybridized carbons (Fsp3) is 0.471. The van der Waals surface area contributed by atoms with Gasteiger partial charge in [0.25, 0.3) is 5.89 Å². The molecule has 24 heavy (non-hydrogen) atoms. The standard InChI is InChI=1S/C17H24N4O3/c1-4-9-18-17(22)21(3)10-8-15-19-16(24-20-15)12-23-14-7-5-6-13(2)11-14/h5-7,11H,4,8-10,12H2,1-3H3,(H,18,22). The fourth-order valence-electron chi connectivity index (χ4n) is 2.04. The van der Waals surface area contributed by atoms with E-state index in [9.17, 15) is 4.79 Å². The van der Waals surface area contributed by atoms with Crippen molar-refractivity contribution in [2.24, 2.45) is 0 Å². The molecule has 0 atom stereocenters. The molecule has 0 spiro atoms. The number of nitrogens with one attached hydrogen (secondary N) is 1. The first kappa shape index (κ1) is 17.8. The van der Waals surface area contributed by atoms with Gasteiger partial charge in [-0.3, -0.25) is 0 Å². The number of likely N-dealkylation sites (N-methyl/N-ethyl adjacent to an activating group) is 1. The first-order chi connectivity index (χ1) is 11.6. The molecule has 1 heterocycles. The van der Waals surface area contributed by atoms with Gasteiger partial charge in [-0.25, -0.2) is 4.79 Å². The predicted octanol–water partition coefficient (Wildman–Crippen LogP) is 2.55. The molecule has 2 aromatic rings. The minimum Gasteiger partial charge on any atom is -0.484 e. The lowest BCUT2D eigenvalue weighted by Gasteiger charge is -2.16. The van der Waals surface area contributed by atoms with Crippen LogP contribution in [0.15, 0.2) is 28.8 Å². The summed E-state index contributed by atoms with van der Waals surface area (Å²) in [7, 11) is 1.74. The normalized spacial score (nSPS) is 10.5. The van der Waals surface area contributed by atoms with Gasteiger partial charge in [0.05, 0.1) is 0 Å². The van der Waals surface area contributed by atoms with Crippen LogP contribution in [0.1, 0.15) is 30.6 Å². The van der Waals surface area contributed by atoms with Crippen molar-refractivity contribution in [1.82, 2.24) is 20.4 Å². The number of nitrogens with zero attached hydrogens (tertiary/aromatic N) is 3. The van der Waals surface area contributed by atoms with Gasteiger partial charge in [0, 0.05) is 26.6 Å². The quantitative estimate of drug-likeness (QED) is 0.803. The van der Waals surface area contributed by atoms with E-state index in [1.165, 1.54) is 0 Å². The summed E-state index contributed by atoms with van der Waals surface area (Å²) in [4.78, 5) is 17.6. The number of aromatic nitrogens is 2. The van der Waals surface area contributed by atoms with Crippen LogP contribution < -0.4 is 10.1 Å². The maximum absolute atomic E-state index is 11.7. The van der Waals surface area contributed by atoms with Gasteiger partial charge in [-0.2, -0.15) is 4.98 Å². The van der Waals surface area contributed by atoms with E-state index in [4.69, 9.17) is 9.26 Å². The number of benzene rings is 1. The number of aryl methyl sites for hydroxylation is 1. The molecule has 1 aromatic carbocycles. The molecule has 0 saturated carbocycles. The highest BCUT2D eigenvalue weighted by Gasteiger charge is 2.11. The SMILES string of the molecule is CCCNC(=O)N(C)CCc1noc(COc2cccc(C)c2)n1. The number of carbonyl (C=O) groups excluding carboxylic acids is 1. The van der Waals surface area contributed by atoms with Gasteiger partial charge in [0.2, 0.25) is 0 Å². The minimum absolute atomic E-state index is 0.0941. The zero-order valence-electron chi connectivity index (χ0n) is 14.4. The van der Waals surface area contributed by atoms with Crippen molar-refractivity contribution in [2.45, 2.75) is 33.3 Å². The van der Waals surface area contributed by atoms with Crippen molar-refractivity contribution in [3.63, 3.8) is 0 Å². The molecule has 2 rings (SSSR count). The molecule has 130 valence electrons. The third-order valence-electron chi connectivity index (χ3n) is 3.41. The summed E-state index contributed by atoms with van der Waals surface area (Å²) in [6.45, 7) is 5.44. The molecule has 7 nitrogen and oxygen atoms in total. The monoisotopic (exact) mass is 332 g/mol. The molecule has 0 unspecified atom stereocenters. The van der Waals surface area contributed by atoms with E-state index in [-0.39, 0.29) is 12.6 Å². The number of rotatable bonds is 8. The lowest BCUT2D eigenvalue weighted by Crippen LogP contribution is -2.38. The second kappa shape index (κ2) is 8.90. The summed E-state index contributed by atoms with van der Waals surface area (Å²) in [6.07, 6.45) is 1.44. The molecular weight excluding hydrogens is 308 g/mol. The van der Waals surface area contributed by atoms with E-state index in [1.54, 1.807) is 11.9 Å². The van der Waals surface area contributed by atoms with Crippen LogP contribution in [-0.2, 0) is 13.0 Å². The number of hydrogen-bond donors (Lipinski definition) is 1. The Labute approximate surface area is 142 Å². The highest BCUT2D eigenvalue weighted by atomic mass is 16.5. The van der Waals surface area contributed by atoms with Crippen molar-refractivity contribution >= 4 is 6.03 Å². The summed E-state index contributed by atoms with van der Waals surface area (Å²) in [5.74, 6) is 1.75. The van der Waals surface area contributed by atoms with E-state index >= 15 is 0 Å². The first-order valence-corrected chi connectivity index (χ1v) is 8.08. The Bertz CT molecular complexity index is 657. The summed E-state index contributed by atoms with van der Waals surface area (Å²) in [5, 5.41) is 6.73. The maximum atomic E-state index is 11.7. The van der Waals surface area contributed by atoms with Crippen molar-refractivity contribution < 1.29 is 14.1 Å². The molecule has 0 bridgehead atoms. The molecule has 1 aromatic heterocycles. The molecule has 1 N–H and O–H groups in total. The van der Waals surface area contributed by atoms with Gasteiger partial charge in [-0.15, -0.1) is 0 Å². The Hall–Kier alpha value is -2.57. The Kier molecular flexibility index (Phi) is 6.60. The van der Waals surface area contributed by atoms with Crippen LogP contribution in [0, 0.1) is 6.92 Å². The van der Waals surface area contributed by atoms with E-state index in [0.29, 0.717) is 31.2 Å². The molecule has 2 amide bonds. The maximum Gasteiger partial charge on any atom is 0.317 e. The Balaban J connectivity index is 1.77. The predicted molar refractivity (Wildman–Crippen MR) is 89.8 cm³/mol. The van der Waals surface area contributed by atoms with E-state index in [1.807, 2.05) is 38.1 Å². The van der Waals surface area contributed by atoms with Crippen LogP contribution in [-0.4, -0.2) is 41.2 Å². The van der Waals surface area contributed by atoms with Crippen LogP contribution in [0.25, 0.3) is 0 Å². The topological polar surface area (TPSA) is 80.5 Å².